The number of carboxylic acids is 1. The number of rotatable bonds is 10. The van der Waals surface area contributed by atoms with Gasteiger partial charge < -0.3 is 19.5 Å². The molecular weight excluding hydrogens is 478 g/mol. The first-order valence-electron chi connectivity index (χ1n) is 11.9. The SMILES string of the molecule is COc1ccc(CCN(CC(=O)O)C(=O)Cc2ccc3c(c2)CC(C)(Cc2ccc(Cl)cc2)O3)cc1. The molecule has 7 heteroatoms. The smallest absolute Gasteiger partial charge is 0.323 e. The number of methoxy groups -OCH3 is 1. The van der Waals surface area contributed by atoms with Crippen LogP contribution >= 0.6 is 11.6 Å². The van der Waals surface area contributed by atoms with E-state index in [2.05, 4.69) is 6.92 Å². The fourth-order valence-electron chi connectivity index (χ4n) is 4.62. The molecule has 1 amide bonds. The van der Waals surface area contributed by atoms with Crippen molar-refractivity contribution < 1.29 is 24.2 Å². The Labute approximate surface area is 216 Å². The van der Waals surface area contributed by atoms with Gasteiger partial charge in [-0.15, -0.1) is 0 Å². The second-order valence-electron chi connectivity index (χ2n) is 9.46. The number of benzene rings is 3. The predicted octanol–water partition coefficient (Wildman–Crippen LogP) is 4.98. The molecule has 0 saturated carbocycles. The van der Waals surface area contributed by atoms with Crippen LogP contribution < -0.4 is 9.47 Å². The summed E-state index contributed by atoms with van der Waals surface area (Å²) in [6.07, 6.45) is 2.16. The zero-order valence-electron chi connectivity index (χ0n) is 20.5. The Morgan fingerprint density at radius 2 is 1.69 bits per heavy atom. The van der Waals surface area contributed by atoms with Crippen molar-refractivity contribution in [3.05, 3.63) is 94.0 Å². The molecule has 0 spiro atoms. The molecule has 6 nitrogen and oxygen atoms in total. The molecule has 36 heavy (non-hydrogen) atoms. The lowest BCUT2D eigenvalue weighted by molar-refractivity contribution is -0.144. The lowest BCUT2D eigenvalue weighted by atomic mass is 9.91. The Kier molecular flexibility index (Phi) is 7.85. The van der Waals surface area contributed by atoms with Crippen molar-refractivity contribution >= 4 is 23.5 Å². The summed E-state index contributed by atoms with van der Waals surface area (Å²) in [5.41, 5.74) is 3.67. The minimum absolute atomic E-state index is 0.136. The Morgan fingerprint density at radius 1 is 1.03 bits per heavy atom. The van der Waals surface area contributed by atoms with E-state index in [1.54, 1.807) is 7.11 Å². The number of carbonyl (C=O) groups excluding carboxylic acids is 1. The van der Waals surface area contributed by atoms with Crippen LogP contribution in [0.5, 0.6) is 11.5 Å². The van der Waals surface area contributed by atoms with E-state index in [0.29, 0.717) is 18.0 Å². The lowest BCUT2D eigenvalue weighted by Crippen LogP contribution is -2.38. The van der Waals surface area contributed by atoms with Gasteiger partial charge in [0.05, 0.1) is 13.5 Å². The van der Waals surface area contributed by atoms with Gasteiger partial charge >= 0.3 is 5.97 Å². The van der Waals surface area contributed by atoms with E-state index in [1.807, 2.05) is 66.7 Å². The number of amides is 1. The Morgan fingerprint density at radius 3 is 2.36 bits per heavy atom. The van der Waals surface area contributed by atoms with Gasteiger partial charge in [0.15, 0.2) is 0 Å². The van der Waals surface area contributed by atoms with Gasteiger partial charge in [-0.05, 0) is 65.9 Å². The molecule has 3 aromatic carbocycles. The number of nitrogens with zero attached hydrogens (tertiary/aromatic N) is 1. The molecule has 0 fully saturated rings. The normalized spacial score (nSPS) is 16.2. The minimum atomic E-state index is -1.03. The molecule has 0 radical (unpaired) electrons. The van der Waals surface area contributed by atoms with Crippen molar-refractivity contribution in [2.24, 2.45) is 0 Å². The zero-order valence-corrected chi connectivity index (χ0v) is 21.3. The standard InChI is InChI=1S/C29H30ClNO5/c1-29(17-21-3-8-24(30)9-4-21)18-23-15-22(7-12-26(23)36-29)16-27(32)31(19-28(33)34)14-13-20-5-10-25(35-2)11-6-20/h3-12,15H,13-14,16-19H2,1-2H3,(H,33,34). The largest absolute Gasteiger partial charge is 0.497 e. The van der Waals surface area contributed by atoms with Gasteiger partial charge in [-0.3, -0.25) is 9.59 Å². The maximum Gasteiger partial charge on any atom is 0.323 e. The van der Waals surface area contributed by atoms with Crippen LogP contribution in [0, 0.1) is 0 Å². The Balaban J connectivity index is 1.40. The molecule has 0 bridgehead atoms. The molecular formula is C29H30ClNO5. The molecule has 1 N–H and O–H groups in total. The summed E-state index contributed by atoms with van der Waals surface area (Å²) >= 11 is 6.01. The van der Waals surface area contributed by atoms with E-state index in [1.165, 1.54) is 4.90 Å². The number of carboxylic acid groups (broad SMARTS) is 1. The van der Waals surface area contributed by atoms with Crippen LogP contribution in [0.1, 0.15) is 29.2 Å². The third kappa shape index (κ3) is 6.58. The third-order valence-electron chi connectivity index (χ3n) is 6.40. The second-order valence-corrected chi connectivity index (χ2v) is 9.89. The van der Waals surface area contributed by atoms with E-state index in [-0.39, 0.29) is 24.5 Å². The van der Waals surface area contributed by atoms with Gasteiger partial charge in [-0.1, -0.05) is 48.0 Å². The van der Waals surface area contributed by atoms with Gasteiger partial charge in [0.2, 0.25) is 5.91 Å². The quantitative estimate of drug-likeness (QED) is 0.418. The van der Waals surface area contributed by atoms with Crippen LogP contribution in [0.3, 0.4) is 0 Å². The first-order valence-corrected chi connectivity index (χ1v) is 12.3. The second kappa shape index (κ2) is 11.0. The molecule has 1 heterocycles. The molecule has 0 aliphatic carbocycles. The van der Waals surface area contributed by atoms with Gasteiger partial charge in [-0.25, -0.2) is 0 Å². The number of hydrogen-bond acceptors (Lipinski definition) is 4. The van der Waals surface area contributed by atoms with E-state index >= 15 is 0 Å². The molecule has 188 valence electrons. The van der Waals surface area contributed by atoms with Crippen molar-refractivity contribution in [2.45, 2.75) is 38.2 Å². The average Bonchev–Trinajstić information content (AvgIpc) is 3.18. The number of fused-ring (bicyclic) bond motifs is 1. The highest BCUT2D eigenvalue weighted by Gasteiger charge is 2.35. The lowest BCUT2D eigenvalue weighted by Gasteiger charge is -2.24. The van der Waals surface area contributed by atoms with Crippen LogP contribution in [-0.2, 0) is 35.3 Å². The van der Waals surface area contributed by atoms with E-state index in [0.717, 1.165) is 46.6 Å². The molecule has 4 rings (SSSR count). The number of halogens is 1. The fourth-order valence-corrected chi connectivity index (χ4v) is 4.74. The highest BCUT2D eigenvalue weighted by atomic mass is 35.5. The molecule has 1 atom stereocenters. The summed E-state index contributed by atoms with van der Waals surface area (Å²) in [5.74, 6) is 0.332. The predicted molar refractivity (Wildman–Crippen MR) is 139 cm³/mol. The van der Waals surface area contributed by atoms with Crippen LogP contribution in [0.25, 0.3) is 0 Å². The minimum Gasteiger partial charge on any atom is -0.497 e. The number of carbonyl (C=O) groups is 2. The topological polar surface area (TPSA) is 76.1 Å². The Hall–Kier alpha value is -3.51. The van der Waals surface area contributed by atoms with Crippen LogP contribution in [0.4, 0.5) is 0 Å². The summed E-state index contributed by atoms with van der Waals surface area (Å²) in [5, 5.41) is 10.1. The molecule has 1 unspecified atom stereocenters. The Bertz CT molecular complexity index is 1230. The van der Waals surface area contributed by atoms with Crippen molar-refractivity contribution in [1.82, 2.24) is 4.90 Å². The van der Waals surface area contributed by atoms with Gasteiger partial charge in [0.1, 0.15) is 23.6 Å². The average molecular weight is 508 g/mol. The maximum atomic E-state index is 13.1. The van der Waals surface area contributed by atoms with Crippen molar-refractivity contribution in [3.8, 4) is 11.5 Å². The van der Waals surface area contributed by atoms with Crippen LogP contribution in [-0.4, -0.2) is 47.7 Å². The molecule has 3 aromatic rings. The number of hydrogen-bond donors (Lipinski definition) is 1. The number of ether oxygens (including phenoxy) is 2. The van der Waals surface area contributed by atoms with E-state index in [9.17, 15) is 14.7 Å². The van der Waals surface area contributed by atoms with Crippen molar-refractivity contribution in [2.75, 3.05) is 20.2 Å². The summed E-state index contributed by atoms with van der Waals surface area (Å²) in [4.78, 5) is 25.9. The highest BCUT2D eigenvalue weighted by molar-refractivity contribution is 6.30. The van der Waals surface area contributed by atoms with Crippen LogP contribution in [0.2, 0.25) is 5.02 Å². The van der Waals surface area contributed by atoms with Gasteiger partial charge in [-0.2, -0.15) is 0 Å². The molecule has 1 aliphatic rings. The number of aliphatic carboxylic acids is 1. The first kappa shape index (κ1) is 25.6. The first-order chi connectivity index (χ1) is 17.2. The molecule has 0 saturated heterocycles. The summed E-state index contributed by atoms with van der Waals surface area (Å²) in [6, 6.07) is 21.1. The maximum absolute atomic E-state index is 13.1. The summed E-state index contributed by atoms with van der Waals surface area (Å²) in [6.45, 7) is 2.08. The van der Waals surface area contributed by atoms with Gasteiger partial charge in [0.25, 0.3) is 0 Å². The third-order valence-corrected chi connectivity index (χ3v) is 6.65. The van der Waals surface area contributed by atoms with Crippen LogP contribution in [0.15, 0.2) is 66.7 Å². The van der Waals surface area contributed by atoms with Crippen molar-refractivity contribution in [3.63, 3.8) is 0 Å². The summed E-state index contributed by atoms with van der Waals surface area (Å²) < 4.78 is 11.5. The van der Waals surface area contributed by atoms with E-state index < -0.39 is 5.97 Å². The summed E-state index contributed by atoms with van der Waals surface area (Å²) in [7, 11) is 1.60. The van der Waals surface area contributed by atoms with Gasteiger partial charge in [0, 0.05) is 24.4 Å². The highest BCUT2D eigenvalue weighted by Crippen LogP contribution is 2.37. The zero-order chi connectivity index (χ0) is 25.7. The van der Waals surface area contributed by atoms with E-state index in [4.69, 9.17) is 21.1 Å². The molecule has 1 aliphatic heterocycles. The molecule has 0 aromatic heterocycles. The fraction of sp³-hybridized carbons (Fsp3) is 0.310. The monoisotopic (exact) mass is 507 g/mol. The van der Waals surface area contributed by atoms with Crippen molar-refractivity contribution in [1.29, 1.82) is 0 Å².